The van der Waals surface area contributed by atoms with Gasteiger partial charge in [-0.1, -0.05) is 12.2 Å². The molecule has 1 rings (SSSR count). The Morgan fingerprint density at radius 3 is 2.86 bits per heavy atom. The predicted octanol–water partition coefficient (Wildman–Crippen LogP) is 2.43. The van der Waals surface area contributed by atoms with Gasteiger partial charge in [0.05, 0.1) is 4.92 Å². The quantitative estimate of drug-likeness (QED) is 0.362. The number of hydrogen-bond acceptors (Lipinski definition) is 3. The van der Waals surface area contributed by atoms with Crippen LogP contribution in [-0.2, 0) is 0 Å². The first-order chi connectivity index (χ1) is 6.65. The molecule has 0 saturated carbocycles. The van der Waals surface area contributed by atoms with Crippen LogP contribution < -0.4 is 5.73 Å². The van der Waals surface area contributed by atoms with Gasteiger partial charge in [-0.05, 0) is 6.07 Å². The minimum atomic E-state index is -0.461. The average Bonchev–Trinajstić information content (AvgIpc) is 2.16. The average molecular weight is 213 g/mol. The lowest BCUT2D eigenvalue weighted by molar-refractivity contribution is -0.384. The fourth-order valence-corrected chi connectivity index (χ4v) is 1.08. The molecular weight excluding hydrogens is 204 g/mol. The maximum Gasteiger partial charge on any atom is 0.270 e. The van der Waals surface area contributed by atoms with Crippen LogP contribution in [0.25, 0.3) is 6.08 Å². The van der Waals surface area contributed by atoms with Crippen molar-refractivity contribution in [1.82, 2.24) is 0 Å². The highest BCUT2D eigenvalue weighted by atomic mass is 35.5. The zero-order valence-corrected chi connectivity index (χ0v) is 8.07. The molecule has 5 heteroatoms. The van der Waals surface area contributed by atoms with E-state index >= 15 is 0 Å². The topological polar surface area (TPSA) is 69.2 Å². The van der Waals surface area contributed by atoms with E-state index in [0.29, 0.717) is 17.1 Å². The number of anilines is 1. The molecule has 0 aromatic heterocycles. The second-order valence-electron chi connectivity index (χ2n) is 2.63. The van der Waals surface area contributed by atoms with E-state index in [1.54, 1.807) is 12.2 Å². The maximum absolute atomic E-state index is 10.5. The Morgan fingerprint density at radius 2 is 2.29 bits per heavy atom. The van der Waals surface area contributed by atoms with Crippen molar-refractivity contribution in [3.8, 4) is 0 Å². The molecule has 1 aromatic carbocycles. The van der Waals surface area contributed by atoms with Crippen LogP contribution in [0.5, 0.6) is 0 Å². The molecule has 0 heterocycles. The first-order valence-corrected chi connectivity index (χ1v) is 4.45. The summed E-state index contributed by atoms with van der Waals surface area (Å²) in [5, 5.41) is 10.5. The van der Waals surface area contributed by atoms with Crippen LogP contribution in [-0.4, -0.2) is 10.8 Å². The molecule has 0 aliphatic carbocycles. The van der Waals surface area contributed by atoms with Gasteiger partial charge in [0.2, 0.25) is 0 Å². The number of allylic oxidation sites excluding steroid dienone is 1. The normalized spacial score (nSPS) is 10.6. The summed E-state index contributed by atoms with van der Waals surface area (Å²) in [6.45, 7) is 0. The van der Waals surface area contributed by atoms with E-state index in [-0.39, 0.29) is 5.69 Å². The highest BCUT2D eigenvalue weighted by molar-refractivity contribution is 6.19. The molecule has 0 saturated heterocycles. The third-order valence-corrected chi connectivity index (χ3v) is 1.85. The van der Waals surface area contributed by atoms with Gasteiger partial charge in [0, 0.05) is 29.3 Å². The summed E-state index contributed by atoms with van der Waals surface area (Å²) in [6, 6.07) is 4.29. The van der Waals surface area contributed by atoms with Crippen molar-refractivity contribution >= 4 is 29.1 Å². The van der Waals surface area contributed by atoms with E-state index in [1.165, 1.54) is 18.2 Å². The Morgan fingerprint density at radius 1 is 1.57 bits per heavy atom. The molecule has 0 spiro atoms. The second kappa shape index (κ2) is 4.62. The summed E-state index contributed by atoms with van der Waals surface area (Å²) in [5.74, 6) is 0.349. The summed E-state index contributed by atoms with van der Waals surface area (Å²) in [7, 11) is 0. The molecule has 0 fully saturated rings. The predicted molar refractivity (Wildman–Crippen MR) is 57.3 cm³/mol. The van der Waals surface area contributed by atoms with Gasteiger partial charge in [-0.3, -0.25) is 10.1 Å². The number of nitro benzene ring substituents is 1. The van der Waals surface area contributed by atoms with Crippen molar-refractivity contribution in [3.05, 3.63) is 40.0 Å². The molecule has 1 aromatic rings. The van der Waals surface area contributed by atoms with Crippen molar-refractivity contribution in [2.45, 2.75) is 0 Å². The molecule has 4 nitrogen and oxygen atoms in total. The van der Waals surface area contributed by atoms with Crippen LogP contribution in [0.15, 0.2) is 24.3 Å². The lowest BCUT2D eigenvalue weighted by Gasteiger charge is -1.99. The molecule has 2 N–H and O–H groups in total. The summed E-state index contributed by atoms with van der Waals surface area (Å²) in [5.41, 5.74) is 6.74. The number of nitrogens with zero attached hydrogens (tertiary/aromatic N) is 1. The standard InChI is InChI=1S/C9H9ClN2O2/c10-5-1-2-7-6-8(12(13)14)3-4-9(7)11/h1-4,6H,5,11H2. The number of alkyl halides is 1. The molecule has 0 aliphatic heterocycles. The highest BCUT2D eigenvalue weighted by Crippen LogP contribution is 2.20. The third-order valence-electron chi connectivity index (χ3n) is 1.67. The Balaban J connectivity index is 3.08. The number of nitrogens with two attached hydrogens (primary N) is 1. The van der Waals surface area contributed by atoms with E-state index in [1.807, 2.05) is 0 Å². The molecule has 0 amide bonds. The minimum Gasteiger partial charge on any atom is -0.398 e. The number of rotatable bonds is 3. The molecule has 14 heavy (non-hydrogen) atoms. The Kier molecular flexibility index (Phi) is 3.48. The van der Waals surface area contributed by atoms with Crippen LogP contribution in [0, 0.1) is 10.1 Å². The fourth-order valence-electron chi connectivity index (χ4n) is 0.992. The monoisotopic (exact) mass is 212 g/mol. The highest BCUT2D eigenvalue weighted by Gasteiger charge is 2.06. The summed E-state index contributed by atoms with van der Waals surface area (Å²) >= 11 is 5.44. The zero-order valence-electron chi connectivity index (χ0n) is 7.31. The molecular formula is C9H9ClN2O2. The maximum atomic E-state index is 10.5. The van der Waals surface area contributed by atoms with Gasteiger partial charge in [-0.2, -0.15) is 0 Å². The van der Waals surface area contributed by atoms with Crippen molar-refractivity contribution in [2.75, 3.05) is 11.6 Å². The van der Waals surface area contributed by atoms with Gasteiger partial charge in [0.1, 0.15) is 0 Å². The number of hydrogen-bond donors (Lipinski definition) is 1. The molecule has 0 aliphatic rings. The number of benzene rings is 1. The van der Waals surface area contributed by atoms with Gasteiger partial charge in [0.15, 0.2) is 0 Å². The number of halogens is 1. The number of nitro groups is 1. The van der Waals surface area contributed by atoms with Crippen molar-refractivity contribution in [3.63, 3.8) is 0 Å². The second-order valence-corrected chi connectivity index (χ2v) is 2.94. The Labute approximate surface area is 86.1 Å². The smallest absolute Gasteiger partial charge is 0.270 e. The zero-order chi connectivity index (χ0) is 10.6. The number of nitrogen functional groups attached to an aromatic ring is 1. The molecule has 0 atom stereocenters. The lowest BCUT2D eigenvalue weighted by atomic mass is 10.1. The van der Waals surface area contributed by atoms with E-state index in [9.17, 15) is 10.1 Å². The summed E-state index contributed by atoms with van der Waals surface area (Å²) < 4.78 is 0. The van der Waals surface area contributed by atoms with E-state index in [2.05, 4.69) is 0 Å². The van der Waals surface area contributed by atoms with Gasteiger partial charge in [-0.25, -0.2) is 0 Å². The van der Waals surface area contributed by atoms with Crippen LogP contribution in [0.4, 0.5) is 11.4 Å². The van der Waals surface area contributed by atoms with Crippen molar-refractivity contribution < 1.29 is 4.92 Å². The summed E-state index contributed by atoms with van der Waals surface area (Å²) in [6.07, 6.45) is 3.34. The molecule has 0 unspecified atom stereocenters. The first-order valence-electron chi connectivity index (χ1n) is 3.91. The lowest BCUT2D eigenvalue weighted by Crippen LogP contribution is -1.93. The van der Waals surface area contributed by atoms with Crippen molar-refractivity contribution in [1.29, 1.82) is 0 Å². The third kappa shape index (κ3) is 2.47. The fraction of sp³-hybridized carbons (Fsp3) is 0.111. The first kappa shape index (κ1) is 10.5. The molecule has 74 valence electrons. The van der Waals surface area contributed by atoms with E-state index < -0.39 is 4.92 Å². The van der Waals surface area contributed by atoms with E-state index in [0.717, 1.165) is 0 Å². The minimum absolute atomic E-state index is 0.0217. The van der Waals surface area contributed by atoms with Crippen LogP contribution >= 0.6 is 11.6 Å². The van der Waals surface area contributed by atoms with Crippen LogP contribution in [0.2, 0.25) is 0 Å². The van der Waals surface area contributed by atoms with Crippen molar-refractivity contribution in [2.24, 2.45) is 0 Å². The SMILES string of the molecule is Nc1ccc([N+](=O)[O-])cc1C=CCCl. The number of non-ortho nitro benzene ring substituents is 1. The van der Waals surface area contributed by atoms with Gasteiger partial charge >= 0.3 is 0 Å². The molecule has 0 bridgehead atoms. The Hall–Kier alpha value is -1.55. The molecule has 0 radical (unpaired) electrons. The summed E-state index contributed by atoms with van der Waals surface area (Å²) in [4.78, 5) is 9.99. The largest absolute Gasteiger partial charge is 0.398 e. The van der Waals surface area contributed by atoms with Crippen LogP contribution in [0.1, 0.15) is 5.56 Å². The van der Waals surface area contributed by atoms with Gasteiger partial charge in [0.25, 0.3) is 5.69 Å². The van der Waals surface area contributed by atoms with Gasteiger partial charge in [-0.15, -0.1) is 11.6 Å². The van der Waals surface area contributed by atoms with E-state index in [4.69, 9.17) is 17.3 Å². The Bertz CT molecular complexity index is 377. The van der Waals surface area contributed by atoms with Gasteiger partial charge < -0.3 is 5.73 Å². The van der Waals surface area contributed by atoms with Crippen LogP contribution in [0.3, 0.4) is 0 Å².